The molecule has 31 heavy (non-hydrogen) atoms. The average Bonchev–Trinajstić information content (AvgIpc) is 3.42. The van der Waals surface area contributed by atoms with Crippen molar-refractivity contribution in [2.45, 2.75) is 24.7 Å². The molecule has 0 bridgehead atoms. The van der Waals surface area contributed by atoms with Gasteiger partial charge in [-0.3, -0.25) is 4.79 Å². The van der Waals surface area contributed by atoms with Crippen LogP contribution in [-0.4, -0.2) is 21.9 Å². The number of rotatable bonds is 3. The number of nitrogens with zero attached hydrogens (tertiary/aromatic N) is 2. The first-order chi connectivity index (χ1) is 14.9. The van der Waals surface area contributed by atoms with E-state index in [0.717, 1.165) is 20.3 Å². The lowest BCUT2D eigenvalue weighted by Crippen LogP contribution is -2.35. The van der Waals surface area contributed by atoms with E-state index in [1.54, 1.807) is 18.2 Å². The number of carbonyl (C=O) groups is 1. The van der Waals surface area contributed by atoms with Gasteiger partial charge < -0.3 is 10.6 Å². The Labute approximate surface area is 179 Å². The minimum Gasteiger partial charge on any atom is -0.363 e. The highest BCUT2D eigenvalue weighted by Crippen LogP contribution is 2.44. The molecule has 2 aromatic carbocycles. The SMILES string of the molecule is O=C(Nc1cccc2ccccc12)c1cc2n(n1)[C@@H](C(F)(F)F)C[C@H](c1cccs1)N2. The standard InChI is InChI=1S/C22H17F3N4OS/c23-22(24,25)19-11-16(18-9-4-10-31-18)26-20-12-17(28-29(19)20)21(30)27-15-8-3-6-13-5-1-2-7-14(13)15/h1-10,12,16,19,26H,11H2,(H,27,30)/t16-,19-/m1/s1. The first-order valence-corrected chi connectivity index (χ1v) is 10.5. The molecule has 1 aliphatic rings. The third-order valence-corrected chi connectivity index (χ3v) is 6.33. The van der Waals surface area contributed by atoms with Crippen LogP contribution in [0.5, 0.6) is 0 Å². The van der Waals surface area contributed by atoms with Crippen LogP contribution in [0.15, 0.2) is 66.0 Å². The second kappa shape index (κ2) is 7.42. The molecule has 0 saturated carbocycles. The van der Waals surface area contributed by atoms with E-state index in [4.69, 9.17) is 0 Å². The van der Waals surface area contributed by atoms with E-state index in [1.807, 2.05) is 41.8 Å². The smallest absolute Gasteiger partial charge is 0.363 e. The normalized spacial score (nSPS) is 18.4. The minimum absolute atomic E-state index is 0.0727. The molecule has 2 N–H and O–H groups in total. The van der Waals surface area contributed by atoms with Gasteiger partial charge in [-0.25, -0.2) is 4.68 Å². The summed E-state index contributed by atoms with van der Waals surface area (Å²) in [6, 6.07) is 15.7. The molecule has 0 spiro atoms. The molecular weight excluding hydrogens is 425 g/mol. The summed E-state index contributed by atoms with van der Waals surface area (Å²) >= 11 is 1.39. The first kappa shape index (κ1) is 19.6. The largest absolute Gasteiger partial charge is 0.410 e. The topological polar surface area (TPSA) is 59.0 Å². The number of amides is 1. The molecule has 0 aliphatic carbocycles. The molecule has 4 aromatic rings. The van der Waals surface area contributed by atoms with Crippen LogP contribution in [0.2, 0.25) is 0 Å². The summed E-state index contributed by atoms with van der Waals surface area (Å²) in [7, 11) is 0. The van der Waals surface area contributed by atoms with Gasteiger partial charge in [0.2, 0.25) is 0 Å². The molecule has 5 rings (SSSR count). The highest BCUT2D eigenvalue weighted by atomic mass is 32.1. The van der Waals surface area contributed by atoms with Crippen molar-refractivity contribution in [3.8, 4) is 0 Å². The fourth-order valence-electron chi connectivity index (χ4n) is 3.88. The van der Waals surface area contributed by atoms with Crippen LogP contribution in [0, 0.1) is 0 Å². The van der Waals surface area contributed by atoms with Crippen LogP contribution in [0.25, 0.3) is 10.8 Å². The van der Waals surface area contributed by atoms with Crippen molar-refractivity contribution in [1.82, 2.24) is 9.78 Å². The molecule has 1 amide bonds. The maximum Gasteiger partial charge on any atom is 0.410 e. The van der Waals surface area contributed by atoms with Crippen molar-refractivity contribution in [3.63, 3.8) is 0 Å². The Hall–Kier alpha value is -3.33. The Bertz CT molecular complexity index is 1240. The van der Waals surface area contributed by atoms with Crippen molar-refractivity contribution in [2.24, 2.45) is 0 Å². The molecule has 0 saturated heterocycles. The monoisotopic (exact) mass is 442 g/mol. The van der Waals surface area contributed by atoms with Crippen LogP contribution in [0.4, 0.5) is 24.7 Å². The quantitative estimate of drug-likeness (QED) is 0.409. The lowest BCUT2D eigenvalue weighted by Gasteiger charge is -2.32. The second-order valence-corrected chi connectivity index (χ2v) is 8.32. The highest BCUT2D eigenvalue weighted by molar-refractivity contribution is 7.10. The van der Waals surface area contributed by atoms with Gasteiger partial charge in [-0.2, -0.15) is 18.3 Å². The molecule has 3 heterocycles. The van der Waals surface area contributed by atoms with Gasteiger partial charge in [0.25, 0.3) is 5.91 Å². The molecule has 2 aromatic heterocycles. The van der Waals surface area contributed by atoms with Crippen LogP contribution >= 0.6 is 11.3 Å². The summed E-state index contributed by atoms with van der Waals surface area (Å²) in [5.41, 5.74) is 0.502. The Morgan fingerprint density at radius 2 is 1.94 bits per heavy atom. The average molecular weight is 442 g/mol. The summed E-state index contributed by atoms with van der Waals surface area (Å²) in [4.78, 5) is 13.7. The molecule has 0 unspecified atom stereocenters. The zero-order valence-corrected chi connectivity index (χ0v) is 16.9. The number of carbonyl (C=O) groups excluding carboxylic acids is 1. The van der Waals surface area contributed by atoms with Crippen molar-refractivity contribution in [2.75, 3.05) is 10.6 Å². The van der Waals surface area contributed by atoms with Gasteiger partial charge in [0.05, 0.1) is 6.04 Å². The second-order valence-electron chi connectivity index (χ2n) is 7.35. The molecular formula is C22H17F3N4OS. The Morgan fingerprint density at radius 3 is 2.71 bits per heavy atom. The molecule has 2 atom stereocenters. The van der Waals surface area contributed by atoms with E-state index in [-0.39, 0.29) is 17.9 Å². The van der Waals surface area contributed by atoms with Crippen molar-refractivity contribution >= 4 is 39.5 Å². The van der Waals surface area contributed by atoms with E-state index in [9.17, 15) is 18.0 Å². The molecule has 0 fully saturated rings. The number of alkyl halides is 3. The number of fused-ring (bicyclic) bond motifs is 2. The summed E-state index contributed by atoms with van der Waals surface area (Å²) in [5, 5.41) is 13.5. The Balaban J connectivity index is 1.47. The summed E-state index contributed by atoms with van der Waals surface area (Å²) in [6.45, 7) is 0. The first-order valence-electron chi connectivity index (χ1n) is 9.65. The summed E-state index contributed by atoms with van der Waals surface area (Å²) < 4.78 is 42.2. The third-order valence-electron chi connectivity index (χ3n) is 5.35. The number of thiophene rings is 1. The van der Waals surface area contributed by atoms with E-state index in [0.29, 0.717) is 5.69 Å². The predicted octanol–water partition coefficient (Wildman–Crippen LogP) is 6.01. The fourth-order valence-corrected chi connectivity index (χ4v) is 4.67. The molecule has 9 heteroatoms. The maximum absolute atomic E-state index is 13.8. The summed E-state index contributed by atoms with van der Waals surface area (Å²) in [6.07, 6.45) is -4.68. The third kappa shape index (κ3) is 3.65. The number of benzene rings is 2. The van der Waals surface area contributed by atoms with Crippen LogP contribution in [0.1, 0.15) is 33.9 Å². The molecule has 1 aliphatic heterocycles. The fraction of sp³-hybridized carbons (Fsp3) is 0.182. The molecule has 158 valence electrons. The lowest BCUT2D eigenvalue weighted by molar-refractivity contribution is -0.173. The number of nitrogens with one attached hydrogen (secondary N) is 2. The maximum atomic E-state index is 13.8. The number of anilines is 2. The van der Waals surface area contributed by atoms with Crippen LogP contribution in [0.3, 0.4) is 0 Å². The molecule has 5 nitrogen and oxygen atoms in total. The van der Waals surface area contributed by atoms with E-state index in [2.05, 4.69) is 15.7 Å². The van der Waals surface area contributed by atoms with Gasteiger partial charge >= 0.3 is 6.18 Å². The minimum atomic E-state index is -4.48. The van der Waals surface area contributed by atoms with Crippen LogP contribution in [-0.2, 0) is 0 Å². The highest BCUT2D eigenvalue weighted by Gasteiger charge is 2.47. The van der Waals surface area contributed by atoms with Gasteiger partial charge in [0.1, 0.15) is 5.82 Å². The summed E-state index contributed by atoms with van der Waals surface area (Å²) in [5.74, 6) is -0.385. The van der Waals surface area contributed by atoms with Crippen molar-refractivity contribution < 1.29 is 18.0 Å². The van der Waals surface area contributed by atoms with Crippen LogP contribution < -0.4 is 10.6 Å². The van der Waals surface area contributed by atoms with E-state index >= 15 is 0 Å². The van der Waals surface area contributed by atoms with Crippen molar-refractivity contribution in [1.29, 1.82) is 0 Å². The number of aromatic nitrogens is 2. The number of halogens is 3. The zero-order valence-electron chi connectivity index (χ0n) is 16.1. The van der Waals surface area contributed by atoms with E-state index < -0.39 is 24.2 Å². The zero-order chi connectivity index (χ0) is 21.6. The van der Waals surface area contributed by atoms with Gasteiger partial charge in [0, 0.05) is 28.4 Å². The lowest BCUT2D eigenvalue weighted by atomic mass is 10.0. The van der Waals surface area contributed by atoms with Gasteiger partial charge in [-0.05, 0) is 22.9 Å². The van der Waals surface area contributed by atoms with Gasteiger partial charge in [-0.1, -0.05) is 42.5 Å². The van der Waals surface area contributed by atoms with Crippen molar-refractivity contribution in [3.05, 3.63) is 76.6 Å². The number of hydrogen-bond donors (Lipinski definition) is 2. The Kier molecular flexibility index (Phi) is 4.70. The van der Waals surface area contributed by atoms with E-state index in [1.165, 1.54) is 17.4 Å². The van der Waals surface area contributed by atoms with Gasteiger partial charge in [0.15, 0.2) is 11.7 Å². The number of hydrogen-bond acceptors (Lipinski definition) is 4. The molecule has 0 radical (unpaired) electrons. The van der Waals surface area contributed by atoms with Gasteiger partial charge in [-0.15, -0.1) is 11.3 Å². The Morgan fingerprint density at radius 1 is 1.13 bits per heavy atom. The predicted molar refractivity (Wildman–Crippen MR) is 115 cm³/mol.